The fourth-order valence-corrected chi connectivity index (χ4v) is 1.89. The van der Waals surface area contributed by atoms with Gasteiger partial charge in [0.2, 0.25) is 0 Å². The third kappa shape index (κ3) is 2.34. The van der Waals surface area contributed by atoms with Crippen LogP contribution in [-0.4, -0.2) is 21.9 Å². The Kier molecular flexibility index (Phi) is 3.33. The van der Waals surface area contributed by atoms with Gasteiger partial charge in [0.05, 0.1) is 12.1 Å². The molecule has 0 saturated heterocycles. The van der Waals surface area contributed by atoms with Crippen LogP contribution in [0.25, 0.3) is 11.0 Å². The third-order valence-electron chi connectivity index (χ3n) is 2.51. The number of H-pyrrole nitrogens is 1. The number of hydrogen-bond acceptors (Lipinski definition) is 1. The number of alkyl halides is 4. The van der Waals surface area contributed by atoms with Crippen LogP contribution in [0.2, 0.25) is 0 Å². The van der Waals surface area contributed by atoms with Crippen molar-refractivity contribution in [2.45, 2.75) is 18.9 Å². The molecule has 0 atom stereocenters. The predicted molar refractivity (Wildman–Crippen MR) is 58.0 cm³/mol. The summed E-state index contributed by atoms with van der Waals surface area (Å²) in [6.07, 6.45) is -3.93. The van der Waals surface area contributed by atoms with Crippen molar-refractivity contribution in [2.75, 3.05) is 0 Å². The van der Waals surface area contributed by atoms with E-state index < -0.39 is 36.0 Å². The Morgan fingerprint density at radius 3 is 2.47 bits per heavy atom. The number of nitrogens with zero attached hydrogens (tertiary/aromatic N) is 1. The monoisotopic (exact) mass is 300 g/mol. The molecule has 1 aromatic carbocycles. The van der Waals surface area contributed by atoms with Crippen molar-refractivity contribution < 1.29 is 26.3 Å². The van der Waals surface area contributed by atoms with E-state index in [-0.39, 0.29) is 10.3 Å². The lowest BCUT2D eigenvalue weighted by atomic mass is 10.2. The van der Waals surface area contributed by atoms with Gasteiger partial charge in [-0.15, -0.1) is 0 Å². The predicted octanol–water partition coefficient (Wildman–Crippen LogP) is 3.88. The second-order valence-corrected chi connectivity index (χ2v) is 4.22. The highest BCUT2D eigenvalue weighted by Gasteiger charge is 2.41. The third-order valence-corrected chi connectivity index (χ3v) is 2.84. The van der Waals surface area contributed by atoms with Crippen LogP contribution in [0.3, 0.4) is 0 Å². The summed E-state index contributed by atoms with van der Waals surface area (Å²) in [6.45, 7) is -1.54. The van der Waals surface area contributed by atoms with E-state index in [2.05, 4.69) is 17.2 Å². The van der Waals surface area contributed by atoms with Crippen LogP contribution in [0, 0.1) is 16.4 Å². The SMILES string of the molecule is Fc1ccc2[nH]c(=S)n(CC(F)(F)C(F)F)c2c1F. The van der Waals surface area contributed by atoms with E-state index in [1.807, 2.05) is 0 Å². The zero-order chi connectivity index (χ0) is 14.4. The molecule has 0 fully saturated rings. The number of fused-ring (bicyclic) bond motifs is 1. The van der Waals surface area contributed by atoms with Crippen LogP contribution < -0.4 is 0 Å². The van der Waals surface area contributed by atoms with Gasteiger partial charge in [0.25, 0.3) is 0 Å². The molecule has 1 aromatic heterocycles. The van der Waals surface area contributed by atoms with Crippen molar-refractivity contribution >= 4 is 23.3 Å². The molecule has 1 heterocycles. The van der Waals surface area contributed by atoms with Crippen molar-refractivity contribution in [1.29, 1.82) is 0 Å². The average molecular weight is 300 g/mol. The largest absolute Gasteiger partial charge is 0.330 e. The first kappa shape index (κ1) is 13.9. The molecule has 0 aliphatic carbocycles. The summed E-state index contributed by atoms with van der Waals surface area (Å²) in [7, 11) is 0. The minimum atomic E-state index is -4.40. The molecule has 1 N–H and O–H groups in total. The van der Waals surface area contributed by atoms with Gasteiger partial charge in [-0.25, -0.2) is 17.6 Å². The molecular weight excluding hydrogens is 294 g/mol. The number of halogens is 6. The molecule has 0 unspecified atom stereocenters. The minimum Gasteiger partial charge on any atom is -0.330 e. The van der Waals surface area contributed by atoms with Crippen LogP contribution in [-0.2, 0) is 6.54 Å². The van der Waals surface area contributed by atoms with Gasteiger partial charge in [-0.05, 0) is 24.4 Å². The van der Waals surface area contributed by atoms with Crippen molar-refractivity contribution in [2.24, 2.45) is 0 Å². The van der Waals surface area contributed by atoms with E-state index in [4.69, 9.17) is 0 Å². The molecule has 2 aromatic rings. The van der Waals surface area contributed by atoms with Crippen molar-refractivity contribution in [3.8, 4) is 0 Å². The average Bonchev–Trinajstić information content (AvgIpc) is 2.61. The first-order valence-electron chi connectivity index (χ1n) is 4.96. The molecule has 0 aliphatic heterocycles. The summed E-state index contributed by atoms with van der Waals surface area (Å²) in [5.74, 6) is -7.10. The first-order chi connectivity index (χ1) is 8.74. The molecule has 0 radical (unpaired) electrons. The summed E-state index contributed by atoms with van der Waals surface area (Å²) >= 11 is 4.65. The molecule has 0 aliphatic rings. The number of imidazole rings is 1. The summed E-state index contributed by atoms with van der Waals surface area (Å²) < 4.78 is 76.9. The number of benzene rings is 1. The molecule has 2 nitrogen and oxygen atoms in total. The highest BCUT2D eigenvalue weighted by atomic mass is 32.1. The Balaban J connectivity index is 2.64. The molecule has 0 amide bonds. The van der Waals surface area contributed by atoms with Crippen LogP contribution in [0.4, 0.5) is 26.3 Å². The lowest BCUT2D eigenvalue weighted by Gasteiger charge is -2.16. The van der Waals surface area contributed by atoms with Crippen LogP contribution in [0.15, 0.2) is 12.1 Å². The molecule has 104 valence electrons. The number of aromatic nitrogens is 2. The van der Waals surface area contributed by atoms with Crippen LogP contribution in [0.5, 0.6) is 0 Å². The number of hydrogen-bond donors (Lipinski definition) is 1. The van der Waals surface area contributed by atoms with Gasteiger partial charge in [0, 0.05) is 0 Å². The van der Waals surface area contributed by atoms with Gasteiger partial charge < -0.3 is 9.55 Å². The Hall–Kier alpha value is -1.51. The normalized spacial score (nSPS) is 12.6. The summed E-state index contributed by atoms with van der Waals surface area (Å²) in [5, 5.41) is 0. The second kappa shape index (κ2) is 4.55. The van der Waals surface area contributed by atoms with Crippen molar-refractivity contribution in [3.05, 3.63) is 28.5 Å². The number of nitrogens with one attached hydrogen (secondary N) is 1. The van der Waals surface area contributed by atoms with Gasteiger partial charge in [-0.2, -0.15) is 8.78 Å². The highest BCUT2D eigenvalue weighted by molar-refractivity contribution is 7.71. The van der Waals surface area contributed by atoms with E-state index in [9.17, 15) is 26.3 Å². The van der Waals surface area contributed by atoms with Gasteiger partial charge in [-0.1, -0.05) is 0 Å². The molecule has 0 spiro atoms. The number of rotatable bonds is 3. The maximum absolute atomic E-state index is 13.6. The molecule has 2 rings (SSSR count). The number of aromatic amines is 1. The Morgan fingerprint density at radius 2 is 1.89 bits per heavy atom. The Bertz CT molecular complexity index is 674. The quantitative estimate of drug-likeness (QED) is 0.674. The molecule has 0 saturated carbocycles. The standard InChI is InChI=1S/C10H6F6N2S/c11-4-1-2-5-7(6(4)12)18(9(19)17-5)3-10(15,16)8(13)14/h1-2,8H,3H2,(H,17,19). The lowest BCUT2D eigenvalue weighted by Crippen LogP contribution is -2.32. The zero-order valence-corrected chi connectivity index (χ0v) is 9.88. The fourth-order valence-electron chi connectivity index (χ4n) is 1.62. The van der Waals surface area contributed by atoms with E-state index in [1.54, 1.807) is 0 Å². The zero-order valence-electron chi connectivity index (χ0n) is 9.06. The van der Waals surface area contributed by atoms with E-state index >= 15 is 0 Å². The smallest absolute Gasteiger partial charge is 0.324 e. The maximum Gasteiger partial charge on any atom is 0.324 e. The van der Waals surface area contributed by atoms with Crippen molar-refractivity contribution in [1.82, 2.24) is 9.55 Å². The summed E-state index contributed by atoms with van der Waals surface area (Å²) in [4.78, 5) is 2.35. The topological polar surface area (TPSA) is 20.7 Å². The van der Waals surface area contributed by atoms with E-state index in [1.165, 1.54) is 0 Å². The summed E-state index contributed by atoms with van der Waals surface area (Å²) in [5.41, 5.74) is -0.640. The fraction of sp³-hybridized carbons (Fsp3) is 0.300. The van der Waals surface area contributed by atoms with Crippen molar-refractivity contribution in [3.63, 3.8) is 0 Å². The first-order valence-corrected chi connectivity index (χ1v) is 5.37. The summed E-state index contributed by atoms with van der Waals surface area (Å²) in [6, 6.07) is 1.86. The molecule has 19 heavy (non-hydrogen) atoms. The maximum atomic E-state index is 13.6. The molecule has 0 bridgehead atoms. The van der Waals surface area contributed by atoms with Crippen LogP contribution >= 0.6 is 12.2 Å². The molecule has 9 heteroatoms. The Labute approximate surface area is 107 Å². The van der Waals surface area contributed by atoms with Gasteiger partial charge in [-0.3, -0.25) is 0 Å². The molecular formula is C10H6F6N2S. The highest BCUT2D eigenvalue weighted by Crippen LogP contribution is 2.28. The van der Waals surface area contributed by atoms with Gasteiger partial charge in [0.1, 0.15) is 5.52 Å². The van der Waals surface area contributed by atoms with E-state index in [0.717, 1.165) is 12.1 Å². The van der Waals surface area contributed by atoms with E-state index in [0.29, 0.717) is 4.57 Å². The van der Waals surface area contributed by atoms with Gasteiger partial charge in [0.15, 0.2) is 16.4 Å². The minimum absolute atomic E-state index is 0.0473. The van der Waals surface area contributed by atoms with Crippen LogP contribution in [0.1, 0.15) is 0 Å². The Morgan fingerprint density at radius 1 is 1.26 bits per heavy atom. The van der Waals surface area contributed by atoms with Gasteiger partial charge >= 0.3 is 12.3 Å². The second-order valence-electron chi connectivity index (χ2n) is 3.84. The lowest BCUT2D eigenvalue weighted by molar-refractivity contribution is -0.137.